The van der Waals surface area contributed by atoms with Crippen LogP contribution in [0, 0.1) is 18.6 Å². The van der Waals surface area contributed by atoms with Crippen LogP contribution in [0.25, 0.3) is 5.69 Å². The fraction of sp³-hybridized carbons (Fsp3) is 0.364. The lowest BCUT2D eigenvalue weighted by Crippen LogP contribution is -2.89. The van der Waals surface area contributed by atoms with Gasteiger partial charge in [0.15, 0.2) is 11.6 Å². The SMILES string of the molecule is BC1(B)OC(B)(B)C(B)(B)N(C2CN(c3cc(C)cc(Nc4ncn(-c5ccc(F)c(F)c5)n4)c3)C2)C1(B)B. The van der Waals surface area contributed by atoms with Crippen LogP contribution >= 0.6 is 0 Å². The number of rotatable bonds is 5. The highest BCUT2D eigenvalue weighted by Crippen LogP contribution is 2.43. The van der Waals surface area contributed by atoms with E-state index in [-0.39, 0.29) is 21.5 Å². The Morgan fingerprint density at radius 3 is 2.13 bits per heavy atom. The van der Waals surface area contributed by atoms with Crippen LogP contribution in [-0.2, 0) is 4.74 Å². The zero-order valence-corrected chi connectivity index (χ0v) is 24.4. The van der Waals surface area contributed by atoms with Crippen molar-refractivity contribution in [1.82, 2.24) is 19.7 Å². The molecule has 0 atom stereocenters. The molecule has 17 heteroatoms. The van der Waals surface area contributed by atoms with E-state index in [0.717, 1.165) is 42.2 Å². The van der Waals surface area contributed by atoms with Crippen molar-refractivity contribution in [1.29, 1.82) is 0 Å². The van der Waals surface area contributed by atoms with Crippen LogP contribution in [0.15, 0.2) is 42.7 Å². The van der Waals surface area contributed by atoms with Crippen molar-refractivity contribution in [2.24, 2.45) is 0 Å². The van der Waals surface area contributed by atoms with Gasteiger partial charge in [0.25, 0.3) is 0 Å². The van der Waals surface area contributed by atoms with Crippen molar-refractivity contribution in [3.8, 4) is 5.69 Å². The molecular formula is C22H32B8F2N6O. The van der Waals surface area contributed by atoms with Crippen molar-refractivity contribution in [2.75, 3.05) is 23.3 Å². The third-order valence-corrected chi connectivity index (χ3v) is 9.23. The Morgan fingerprint density at radius 2 is 1.51 bits per heavy atom. The standard InChI is InChI=1S/C22H32B8F2N6O/c1-11-4-12(34-18-33-10-37(35-18)13-2-3-16(31)17(32)7-13)6-14(5-11)36-8-15(9-36)38-19(23,24)21(27,28)39-22(29,30)20(38,25)26/h2-7,10,15H,8-9,23-30H2,1H3,(H,34,35). The molecule has 39 heavy (non-hydrogen) atoms. The highest BCUT2D eigenvalue weighted by Gasteiger charge is 2.61. The maximum absolute atomic E-state index is 13.7. The second-order valence-electron chi connectivity index (χ2n) is 13.0. The van der Waals surface area contributed by atoms with Gasteiger partial charge in [-0.2, -0.15) is 4.98 Å². The van der Waals surface area contributed by atoms with Gasteiger partial charge in [0.05, 0.1) is 5.69 Å². The number of nitrogens with one attached hydrogen (secondary N) is 1. The van der Waals surface area contributed by atoms with Crippen LogP contribution in [0.5, 0.6) is 0 Å². The van der Waals surface area contributed by atoms with Crippen LogP contribution in [0.1, 0.15) is 5.56 Å². The van der Waals surface area contributed by atoms with Crippen LogP contribution in [0.4, 0.5) is 26.1 Å². The fourth-order valence-corrected chi connectivity index (χ4v) is 6.13. The van der Waals surface area contributed by atoms with Crippen molar-refractivity contribution >= 4 is 80.1 Å². The first-order chi connectivity index (χ1) is 18.0. The Bertz CT molecular complexity index is 1390. The summed E-state index contributed by atoms with van der Waals surface area (Å²) in [6.45, 7) is 3.91. The number of morpholine rings is 1. The Morgan fingerprint density at radius 1 is 0.872 bits per heavy atom. The maximum Gasteiger partial charge on any atom is 0.246 e. The van der Waals surface area contributed by atoms with E-state index < -0.39 is 11.6 Å². The summed E-state index contributed by atoms with van der Waals surface area (Å²) in [7, 11) is 18.0. The molecular weight excluding hydrogens is 489 g/mol. The molecule has 0 radical (unpaired) electrons. The molecule has 2 aliphatic rings. The molecule has 194 valence electrons. The van der Waals surface area contributed by atoms with Gasteiger partial charge < -0.3 is 19.9 Å². The second kappa shape index (κ2) is 9.26. The number of hydrogen-bond acceptors (Lipinski definition) is 6. The molecule has 5 rings (SSSR count). The minimum Gasteiger partial charge on any atom is -0.403 e. The lowest BCUT2D eigenvalue weighted by Gasteiger charge is -2.72. The Hall–Kier alpha value is -2.52. The average Bonchev–Trinajstić information content (AvgIpc) is 3.23. The van der Waals surface area contributed by atoms with Crippen LogP contribution < -0.4 is 10.2 Å². The molecule has 3 heterocycles. The van der Waals surface area contributed by atoms with Crippen LogP contribution in [0.3, 0.4) is 0 Å². The normalized spacial score (nSPS) is 21.8. The van der Waals surface area contributed by atoms with E-state index in [1.165, 1.54) is 17.1 Å². The van der Waals surface area contributed by atoms with E-state index in [1.54, 1.807) is 0 Å². The second-order valence-corrected chi connectivity index (χ2v) is 13.0. The Kier molecular flexibility index (Phi) is 6.66. The Balaban J connectivity index is 1.33. The summed E-state index contributed by atoms with van der Waals surface area (Å²) in [5.41, 5.74) is 3.51. The monoisotopic (exact) mass is 522 g/mol. The number of aryl methyl sites for hydroxylation is 1. The molecule has 0 bridgehead atoms. The quantitative estimate of drug-likeness (QED) is 0.340. The predicted octanol–water partition coefficient (Wildman–Crippen LogP) is -5.20. The summed E-state index contributed by atoms with van der Waals surface area (Å²) in [6, 6.07) is 10.4. The summed E-state index contributed by atoms with van der Waals surface area (Å²) in [5, 5.41) is 6.74. The van der Waals surface area contributed by atoms with E-state index in [0.29, 0.717) is 17.7 Å². The van der Waals surface area contributed by atoms with Gasteiger partial charge in [-0.05, 0) is 53.5 Å². The number of nitrogens with zero attached hydrogens (tertiary/aromatic N) is 5. The number of anilines is 3. The van der Waals surface area contributed by atoms with Crippen LogP contribution in [0.2, 0.25) is 0 Å². The molecule has 0 spiro atoms. The summed E-state index contributed by atoms with van der Waals surface area (Å²) >= 11 is 0. The molecule has 0 aliphatic carbocycles. The summed E-state index contributed by atoms with van der Waals surface area (Å²) in [6.07, 6.45) is 1.47. The molecule has 2 aliphatic heterocycles. The van der Waals surface area contributed by atoms with Crippen molar-refractivity contribution in [3.63, 3.8) is 0 Å². The first-order valence-electron chi connectivity index (χ1n) is 13.5. The van der Waals surface area contributed by atoms with Gasteiger partial charge in [-0.3, -0.25) is 0 Å². The fourth-order valence-electron chi connectivity index (χ4n) is 6.13. The average molecular weight is 521 g/mol. The lowest BCUT2D eigenvalue weighted by molar-refractivity contribution is -0.129. The molecule has 2 fully saturated rings. The molecule has 7 nitrogen and oxygen atoms in total. The molecule has 0 saturated carbocycles. The van der Waals surface area contributed by atoms with Gasteiger partial charge in [-0.1, -0.05) is 0 Å². The van der Waals surface area contributed by atoms with Crippen LogP contribution in [-0.4, -0.2) is 123 Å². The van der Waals surface area contributed by atoms with E-state index in [1.807, 2.05) is 6.07 Å². The van der Waals surface area contributed by atoms with E-state index >= 15 is 0 Å². The van der Waals surface area contributed by atoms with E-state index in [4.69, 9.17) is 4.74 Å². The van der Waals surface area contributed by atoms with Crippen molar-refractivity contribution in [2.45, 2.75) is 34.4 Å². The highest BCUT2D eigenvalue weighted by molar-refractivity contribution is 6.59. The zero-order chi connectivity index (χ0) is 28.5. The summed E-state index contributed by atoms with van der Waals surface area (Å²) in [4.78, 5) is 9.39. The van der Waals surface area contributed by atoms with E-state index in [2.05, 4.69) is 107 Å². The summed E-state index contributed by atoms with van der Waals surface area (Å²) in [5.74, 6) is -1.45. The molecule has 1 aromatic heterocycles. The number of ether oxygens (including phenoxy) is 1. The number of benzene rings is 2. The minimum atomic E-state index is -0.926. The van der Waals surface area contributed by atoms with Gasteiger partial charge in [0, 0.05) is 47.4 Å². The van der Waals surface area contributed by atoms with Crippen molar-refractivity contribution < 1.29 is 13.5 Å². The van der Waals surface area contributed by atoms with Gasteiger partial charge in [-0.25, -0.2) is 13.5 Å². The molecule has 0 amide bonds. The largest absolute Gasteiger partial charge is 0.403 e. The van der Waals surface area contributed by atoms with Gasteiger partial charge in [-0.15, -0.1) is 5.10 Å². The van der Waals surface area contributed by atoms with Gasteiger partial charge in [0.2, 0.25) is 5.95 Å². The zero-order valence-electron chi connectivity index (χ0n) is 24.4. The number of aromatic nitrogens is 3. The number of hydrogen-bond donors (Lipinski definition) is 1. The lowest BCUT2D eigenvalue weighted by atomic mass is 9.30. The third-order valence-electron chi connectivity index (χ3n) is 9.23. The predicted molar refractivity (Wildman–Crippen MR) is 174 cm³/mol. The van der Waals surface area contributed by atoms with E-state index in [9.17, 15) is 8.78 Å². The molecule has 2 aromatic carbocycles. The smallest absolute Gasteiger partial charge is 0.246 e. The first-order valence-corrected chi connectivity index (χ1v) is 13.5. The third kappa shape index (κ3) is 4.75. The molecule has 0 unspecified atom stereocenters. The molecule has 3 aromatic rings. The van der Waals surface area contributed by atoms with Gasteiger partial charge in [0.1, 0.15) is 69.1 Å². The topological polar surface area (TPSA) is 58.5 Å². The first kappa shape index (κ1) is 28.0. The van der Waals surface area contributed by atoms with Crippen molar-refractivity contribution in [3.05, 3.63) is 59.9 Å². The highest BCUT2D eigenvalue weighted by atomic mass is 19.2. The molecule has 1 N–H and O–H groups in total. The van der Waals surface area contributed by atoms with Gasteiger partial charge >= 0.3 is 0 Å². The molecule has 2 saturated heterocycles. The minimum absolute atomic E-state index is 0.153. The Labute approximate surface area is 236 Å². The summed E-state index contributed by atoms with van der Waals surface area (Å²) < 4.78 is 35.1. The maximum atomic E-state index is 13.7. The number of halogens is 2.